The second-order valence-corrected chi connectivity index (χ2v) is 4.52. The number of hydrogen-bond acceptors (Lipinski definition) is 2. The molecule has 4 heteroatoms. The monoisotopic (exact) mass is 249 g/mol. The summed E-state index contributed by atoms with van der Waals surface area (Å²) in [6.45, 7) is 8.26. The molecule has 1 aromatic rings. The summed E-state index contributed by atoms with van der Waals surface area (Å²) in [5.74, 6) is 1.91. The fourth-order valence-electron chi connectivity index (χ4n) is 1.47. The van der Waals surface area contributed by atoms with E-state index < -0.39 is 0 Å². The molecular formula is C14H23N3O. The topological polar surface area (TPSA) is 59.6 Å². The Kier molecular flexibility index (Phi) is 6.05. The Morgan fingerprint density at radius 1 is 1.39 bits per heavy atom. The van der Waals surface area contributed by atoms with Crippen LogP contribution in [0.25, 0.3) is 0 Å². The molecular weight excluding hydrogens is 226 g/mol. The summed E-state index contributed by atoms with van der Waals surface area (Å²) >= 11 is 0. The van der Waals surface area contributed by atoms with Crippen LogP contribution in [0.5, 0.6) is 5.75 Å². The number of aliphatic imine (C=N–C) groups is 1. The zero-order valence-electron chi connectivity index (χ0n) is 11.4. The average molecular weight is 249 g/mol. The van der Waals surface area contributed by atoms with Gasteiger partial charge in [0.15, 0.2) is 5.96 Å². The van der Waals surface area contributed by atoms with Crippen LogP contribution in [-0.4, -0.2) is 19.1 Å². The van der Waals surface area contributed by atoms with Crippen molar-refractivity contribution < 1.29 is 4.74 Å². The minimum absolute atomic E-state index is 0.481. The Labute approximate surface area is 109 Å². The fraction of sp³-hybridized carbons (Fsp3) is 0.500. The predicted octanol–water partition coefficient (Wildman–Crippen LogP) is 2.15. The lowest BCUT2D eigenvalue weighted by Gasteiger charge is -2.10. The molecule has 3 N–H and O–H groups in total. The highest BCUT2D eigenvalue weighted by molar-refractivity contribution is 5.77. The molecule has 0 aliphatic carbocycles. The molecule has 0 unspecified atom stereocenters. The van der Waals surface area contributed by atoms with Gasteiger partial charge in [-0.15, -0.1) is 0 Å². The SMILES string of the molecule is CCOc1ccccc1CN=C(N)NCC(C)C. The van der Waals surface area contributed by atoms with Gasteiger partial charge in [0.1, 0.15) is 5.75 Å². The van der Waals surface area contributed by atoms with Crippen LogP contribution < -0.4 is 15.8 Å². The highest BCUT2D eigenvalue weighted by atomic mass is 16.5. The largest absolute Gasteiger partial charge is 0.494 e. The minimum atomic E-state index is 0.481. The van der Waals surface area contributed by atoms with Crippen LogP contribution in [0.4, 0.5) is 0 Å². The molecule has 0 aliphatic heterocycles. The number of para-hydroxylation sites is 1. The van der Waals surface area contributed by atoms with Gasteiger partial charge in [0.25, 0.3) is 0 Å². The molecule has 0 spiro atoms. The summed E-state index contributed by atoms with van der Waals surface area (Å²) in [6, 6.07) is 7.89. The van der Waals surface area contributed by atoms with E-state index in [-0.39, 0.29) is 0 Å². The van der Waals surface area contributed by atoms with E-state index in [0.29, 0.717) is 25.0 Å². The lowest BCUT2D eigenvalue weighted by molar-refractivity contribution is 0.336. The summed E-state index contributed by atoms with van der Waals surface area (Å²) in [7, 11) is 0. The summed E-state index contributed by atoms with van der Waals surface area (Å²) in [6.07, 6.45) is 0. The van der Waals surface area contributed by atoms with Crippen LogP contribution in [0.2, 0.25) is 0 Å². The highest BCUT2D eigenvalue weighted by Gasteiger charge is 2.01. The van der Waals surface area contributed by atoms with Gasteiger partial charge in [-0.2, -0.15) is 0 Å². The van der Waals surface area contributed by atoms with Gasteiger partial charge in [-0.25, -0.2) is 4.99 Å². The normalized spacial score (nSPS) is 11.7. The van der Waals surface area contributed by atoms with Gasteiger partial charge in [0.2, 0.25) is 0 Å². The van der Waals surface area contributed by atoms with Gasteiger partial charge in [-0.3, -0.25) is 0 Å². The zero-order chi connectivity index (χ0) is 13.4. The van der Waals surface area contributed by atoms with Crippen LogP contribution in [0.1, 0.15) is 26.3 Å². The first-order valence-corrected chi connectivity index (χ1v) is 6.38. The number of nitrogens with one attached hydrogen (secondary N) is 1. The molecule has 0 aliphatic rings. The Morgan fingerprint density at radius 2 is 2.11 bits per heavy atom. The lowest BCUT2D eigenvalue weighted by Crippen LogP contribution is -2.34. The van der Waals surface area contributed by atoms with Crippen molar-refractivity contribution in [2.45, 2.75) is 27.3 Å². The molecule has 0 heterocycles. The maximum absolute atomic E-state index is 5.79. The number of hydrogen-bond donors (Lipinski definition) is 2. The van der Waals surface area contributed by atoms with E-state index in [1.807, 2.05) is 31.2 Å². The van der Waals surface area contributed by atoms with E-state index >= 15 is 0 Å². The second kappa shape index (κ2) is 7.58. The van der Waals surface area contributed by atoms with Crippen LogP contribution in [-0.2, 0) is 6.54 Å². The number of nitrogens with zero attached hydrogens (tertiary/aromatic N) is 1. The number of ether oxygens (including phenoxy) is 1. The number of rotatable bonds is 6. The quantitative estimate of drug-likeness (QED) is 0.600. The third kappa shape index (κ3) is 5.08. The zero-order valence-corrected chi connectivity index (χ0v) is 11.4. The van der Waals surface area contributed by atoms with E-state index in [9.17, 15) is 0 Å². The number of benzene rings is 1. The molecule has 1 rings (SSSR count). The fourth-order valence-corrected chi connectivity index (χ4v) is 1.47. The average Bonchev–Trinajstić information content (AvgIpc) is 2.35. The lowest BCUT2D eigenvalue weighted by atomic mass is 10.2. The Bertz CT molecular complexity index is 388. The molecule has 0 fully saturated rings. The Morgan fingerprint density at radius 3 is 2.78 bits per heavy atom. The van der Waals surface area contributed by atoms with Crippen molar-refractivity contribution in [1.82, 2.24) is 5.32 Å². The molecule has 18 heavy (non-hydrogen) atoms. The van der Waals surface area contributed by atoms with Crippen LogP contribution in [0, 0.1) is 5.92 Å². The predicted molar refractivity (Wildman–Crippen MR) is 75.8 cm³/mol. The summed E-state index contributed by atoms with van der Waals surface area (Å²) in [4.78, 5) is 4.31. The molecule has 0 amide bonds. The first-order valence-electron chi connectivity index (χ1n) is 6.38. The minimum Gasteiger partial charge on any atom is -0.494 e. The molecule has 0 saturated carbocycles. The van der Waals surface area contributed by atoms with E-state index in [1.54, 1.807) is 0 Å². The third-order valence-corrected chi connectivity index (χ3v) is 2.38. The first kappa shape index (κ1) is 14.4. The van der Waals surface area contributed by atoms with Crippen molar-refractivity contribution in [3.8, 4) is 5.75 Å². The second-order valence-electron chi connectivity index (χ2n) is 4.52. The van der Waals surface area contributed by atoms with E-state index in [2.05, 4.69) is 24.2 Å². The molecule has 4 nitrogen and oxygen atoms in total. The molecule has 1 aromatic carbocycles. The number of guanidine groups is 1. The summed E-state index contributed by atoms with van der Waals surface area (Å²) in [5, 5.41) is 3.09. The van der Waals surface area contributed by atoms with Crippen molar-refractivity contribution in [3.63, 3.8) is 0 Å². The van der Waals surface area contributed by atoms with Crippen LogP contribution in [0.3, 0.4) is 0 Å². The smallest absolute Gasteiger partial charge is 0.188 e. The van der Waals surface area contributed by atoms with Crippen LogP contribution >= 0.6 is 0 Å². The molecule has 0 bridgehead atoms. The van der Waals surface area contributed by atoms with E-state index in [0.717, 1.165) is 17.9 Å². The van der Waals surface area contributed by atoms with Crippen molar-refractivity contribution >= 4 is 5.96 Å². The summed E-state index contributed by atoms with van der Waals surface area (Å²) < 4.78 is 5.54. The van der Waals surface area contributed by atoms with Gasteiger partial charge < -0.3 is 15.8 Å². The van der Waals surface area contributed by atoms with Crippen LogP contribution in [0.15, 0.2) is 29.3 Å². The van der Waals surface area contributed by atoms with Gasteiger partial charge >= 0.3 is 0 Å². The molecule has 0 saturated heterocycles. The van der Waals surface area contributed by atoms with E-state index in [1.165, 1.54) is 0 Å². The molecule has 0 atom stereocenters. The summed E-state index contributed by atoms with van der Waals surface area (Å²) in [5.41, 5.74) is 6.84. The van der Waals surface area contributed by atoms with Crippen molar-refractivity contribution in [3.05, 3.63) is 29.8 Å². The first-order chi connectivity index (χ1) is 8.63. The van der Waals surface area contributed by atoms with E-state index in [4.69, 9.17) is 10.5 Å². The van der Waals surface area contributed by atoms with Gasteiger partial charge in [0.05, 0.1) is 13.2 Å². The van der Waals surface area contributed by atoms with Gasteiger partial charge in [-0.1, -0.05) is 32.0 Å². The molecule has 100 valence electrons. The Hall–Kier alpha value is -1.71. The standard InChI is InChI=1S/C14H23N3O/c1-4-18-13-8-6-5-7-12(13)10-17-14(15)16-9-11(2)3/h5-8,11H,4,9-10H2,1-3H3,(H3,15,16,17). The maximum Gasteiger partial charge on any atom is 0.188 e. The van der Waals surface area contributed by atoms with Gasteiger partial charge in [-0.05, 0) is 18.9 Å². The Balaban J connectivity index is 2.58. The number of nitrogens with two attached hydrogens (primary N) is 1. The highest BCUT2D eigenvalue weighted by Crippen LogP contribution is 2.18. The third-order valence-electron chi connectivity index (χ3n) is 2.38. The maximum atomic E-state index is 5.79. The van der Waals surface area contributed by atoms with Crippen molar-refractivity contribution in [1.29, 1.82) is 0 Å². The van der Waals surface area contributed by atoms with Crippen molar-refractivity contribution in [2.75, 3.05) is 13.2 Å². The van der Waals surface area contributed by atoms with Crippen molar-refractivity contribution in [2.24, 2.45) is 16.6 Å². The van der Waals surface area contributed by atoms with Gasteiger partial charge in [0, 0.05) is 12.1 Å². The molecule has 0 aromatic heterocycles. The molecule has 0 radical (unpaired) electrons.